The second kappa shape index (κ2) is 5.53. The van der Waals surface area contributed by atoms with Crippen molar-refractivity contribution in [2.75, 3.05) is 11.5 Å². The molecule has 0 aliphatic carbocycles. The van der Waals surface area contributed by atoms with E-state index in [-0.39, 0.29) is 0 Å². The molecule has 1 aliphatic rings. The molecule has 0 atom stereocenters. The van der Waals surface area contributed by atoms with Crippen molar-refractivity contribution in [1.29, 1.82) is 0 Å². The molecule has 3 rings (SSSR count). The van der Waals surface area contributed by atoms with E-state index in [1.165, 1.54) is 40.4 Å². The van der Waals surface area contributed by atoms with Gasteiger partial charge in [-0.1, -0.05) is 12.1 Å². The van der Waals surface area contributed by atoms with Gasteiger partial charge in [0.05, 0.1) is 0 Å². The summed E-state index contributed by atoms with van der Waals surface area (Å²) in [5.74, 6) is 3.11. The molecule has 0 amide bonds. The predicted molar refractivity (Wildman–Crippen MR) is 87.6 cm³/mol. The van der Waals surface area contributed by atoms with Crippen molar-refractivity contribution in [3.63, 3.8) is 0 Å². The topological polar surface area (TPSA) is 20.2 Å². The van der Waals surface area contributed by atoms with Crippen molar-refractivity contribution in [3.8, 4) is 16.9 Å². The highest BCUT2D eigenvalue weighted by atomic mass is 32.2. The summed E-state index contributed by atoms with van der Waals surface area (Å²) in [6.45, 7) is 3.96. The van der Waals surface area contributed by atoms with Gasteiger partial charge in [-0.05, 0) is 67.6 Å². The summed E-state index contributed by atoms with van der Waals surface area (Å²) in [5.41, 5.74) is 4.52. The number of benzene rings is 2. The first-order chi connectivity index (χ1) is 9.66. The van der Waals surface area contributed by atoms with E-state index in [2.05, 4.69) is 36.4 Å². The lowest BCUT2D eigenvalue weighted by molar-refractivity contribution is 0.467. The van der Waals surface area contributed by atoms with E-state index in [1.807, 2.05) is 13.8 Å². The van der Waals surface area contributed by atoms with E-state index < -0.39 is 0 Å². The summed E-state index contributed by atoms with van der Waals surface area (Å²) in [6.07, 6.45) is 2.73. The predicted octanol–water partition coefficient (Wildman–Crippen LogP) is 4.45. The third kappa shape index (κ3) is 2.45. The molecule has 0 radical (unpaired) electrons. The van der Waals surface area contributed by atoms with Crippen molar-refractivity contribution in [2.24, 2.45) is 0 Å². The molecule has 0 aromatic heterocycles. The van der Waals surface area contributed by atoms with Gasteiger partial charge in [-0.15, -0.1) is 0 Å². The molecule has 1 saturated heterocycles. The van der Waals surface area contributed by atoms with Gasteiger partial charge in [-0.25, -0.2) is 0 Å². The molecule has 104 valence electrons. The van der Waals surface area contributed by atoms with Crippen LogP contribution in [0.3, 0.4) is 0 Å². The molecule has 1 aliphatic heterocycles. The number of hydrogen-bond acceptors (Lipinski definition) is 1. The molecule has 1 fully saturated rings. The van der Waals surface area contributed by atoms with Gasteiger partial charge in [0.25, 0.3) is 0 Å². The van der Waals surface area contributed by atoms with E-state index in [0.717, 1.165) is 11.1 Å². The van der Waals surface area contributed by atoms with Gasteiger partial charge in [0.1, 0.15) is 17.3 Å². The van der Waals surface area contributed by atoms with Gasteiger partial charge < -0.3 is 5.11 Å². The largest absolute Gasteiger partial charge is 0.507 e. The van der Waals surface area contributed by atoms with Crippen LogP contribution in [0.2, 0.25) is 0 Å². The molecule has 0 bridgehead atoms. The fourth-order valence-corrected chi connectivity index (χ4v) is 5.46. The molecule has 0 unspecified atom stereocenters. The molecule has 2 aromatic carbocycles. The van der Waals surface area contributed by atoms with Crippen LogP contribution in [0.1, 0.15) is 24.0 Å². The Bertz CT molecular complexity index is 604. The number of phenols is 1. The molecule has 1 nitrogen and oxygen atoms in total. The summed E-state index contributed by atoms with van der Waals surface area (Å²) in [5, 5.41) is 9.96. The van der Waals surface area contributed by atoms with E-state index in [4.69, 9.17) is 0 Å². The fraction of sp³-hybridized carbons (Fsp3) is 0.333. The molecule has 2 heteroatoms. The van der Waals surface area contributed by atoms with Crippen LogP contribution in [-0.4, -0.2) is 16.6 Å². The zero-order valence-electron chi connectivity index (χ0n) is 12.1. The highest BCUT2D eigenvalue weighted by Gasteiger charge is 2.29. The maximum atomic E-state index is 9.96. The number of rotatable bonds is 2. The highest BCUT2D eigenvalue weighted by molar-refractivity contribution is 7.97. The first-order valence-electron chi connectivity index (χ1n) is 7.24. The van der Waals surface area contributed by atoms with E-state index >= 15 is 0 Å². The molecule has 1 N–H and O–H groups in total. The van der Waals surface area contributed by atoms with Gasteiger partial charge in [0.15, 0.2) is 4.90 Å². The van der Waals surface area contributed by atoms with Crippen molar-refractivity contribution in [2.45, 2.75) is 31.6 Å². The molecule has 2 aromatic rings. The van der Waals surface area contributed by atoms with Crippen LogP contribution in [0.5, 0.6) is 5.75 Å². The van der Waals surface area contributed by atoms with Gasteiger partial charge in [0, 0.05) is 16.5 Å². The van der Waals surface area contributed by atoms with Gasteiger partial charge in [-0.3, -0.25) is 0 Å². The summed E-state index contributed by atoms with van der Waals surface area (Å²) < 4.78 is 0. The standard InChI is InChI=1S/C18H20OS/c1-13-11-15(12-14(2)18(13)19)16-7-3-4-8-17(16)20-9-5-6-10-20/h3-4,7-8,11-12H,5-6,9-10H2,1-2H3/p+1. The van der Waals surface area contributed by atoms with Crippen LogP contribution < -0.4 is 0 Å². The van der Waals surface area contributed by atoms with Gasteiger partial charge >= 0.3 is 0 Å². The minimum Gasteiger partial charge on any atom is -0.507 e. The van der Waals surface area contributed by atoms with Crippen LogP contribution in [0.4, 0.5) is 0 Å². The van der Waals surface area contributed by atoms with Crippen LogP contribution in [-0.2, 0) is 10.9 Å². The van der Waals surface area contributed by atoms with Crippen LogP contribution >= 0.6 is 0 Å². The Morgan fingerprint density at radius 2 is 1.55 bits per heavy atom. The van der Waals surface area contributed by atoms with Crippen molar-refractivity contribution in [1.82, 2.24) is 0 Å². The normalized spacial score (nSPS) is 15.7. The van der Waals surface area contributed by atoms with Crippen molar-refractivity contribution < 1.29 is 5.11 Å². The summed E-state index contributed by atoms with van der Waals surface area (Å²) in [7, 11) is 0.416. The lowest BCUT2D eigenvalue weighted by Gasteiger charge is -2.11. The lowest BCUT2D eigenvalue weighted by atomic mass is 10.00. The average molecular weight is 285 g/mol. The minimum absolute atomic E-state index is 0.416. The monoisotopic (exact) mass is 285 g/mol. The molecule has 1 heterocycles. The first-order valence-corrected chi connectivity index (χ1v) is 8.80. The Balaban J connectivity index is 2.10. The molecule has 20 heavy (non-hydrogen) atoms. The number of phenolic OH excluding ortho intramolecular Hbond substituents is 1. The maximum Gasteiger partial charge on any atom is 0.162 e. The second-order valence-electron chi connectivity index (χ2n) is 5.56. The quantitative estimate of drug-likeness (QED) is 0.808. The molecular weight excluding hydrogens is 264 g/mol. The van der Waals surface area contributed by atoms with Gasteiger partial charge in [0.2, 0.25) is 0 Å². The summed E-state index contributed by atoms with van der Waals surface area (Å²) >= 11 is 0. The Labute approximate surface area is 124 Å². The SMILES string of the molecule is Cc1cc(-c2ccccc2[S+]2CCCC2)cc(C)c1O. The Morgan fingerprint density at radius 3 is 2.20 bits per heavy atom. The van der Waals surface area contributed by atoms with Crippen LogP contribution in [0, 0.1) is 13.8 Å². The van der Waals surface area contributed by atoms with E-state index in [9.17, 15) is 5.11 Å². The zero-order chi connectivity index (χ0) is 14.1. The molecule has 0 saturated carbocycles. The van der Waals surface area contributed by atoms with E-state index in [0.29, 0.717) is 16.6 Å². The third-order valence-corrected chi connectivity index (χ3v) is 6.57. The fourth-order valence-electron chi connectivity index (χ4n) is 2.94. The maximum absolute atomic E-state index is 9.96. The Hall–Kier alpha value is -1.41. The number of aromatic hydroxyl groups is 1. The Kier molecular flexibility index (Phi) is 3.75. The first kappa shape index (κ1) is 13.6. The third-order valence-electron chi connectivity index (χ3n) is 4.03. The smallest absolute Gasteiger partial charge is 0.162 e. The second-order valence-corrected chi connectivity index (χ2v) is 7.80. The molecule has 0 spiro atoms. The lowest BCUT2D eigenvalue weighted by Crippen LogP contribution is -2.05. The number of hydrogen-bond donors (Lipinski definition) is 1. The minimum atomic E-state index is 0.416. The van der Waals surface area contributed by atoms with Crippen LogP contribution in [0.25, 0.3) is 11.1 Å². The van der Waals surface area contributed by atoms with Gasteiger partial charge in [-0.2, -0.15) is 0 Å². The average Bonchev–Trinajstić information content (AvgIpc) is 2.98. The molecular formula is C18H21OS+. The Morgan fingerprint density at radius 1 is 0.950 bits per heavy atom. The van der Waals surface area contributed by atoms with Crippen molar-refractivity contribution >= 4 is 10.9 Å². The zero-order valence-corrected chi connectivity index (χ0v) is 13.0. The van der Waals surface area contributed by atoms with Crippen molar-refractivity contribution in [3.05, 3.63) is 47.5 Å². The van der Waals surface area contributed by atoms with E-state index in [1.54, 1.807) is 0 Å². The summed E-state index contributed by atoms with van der Waals surface area (Å²) in [4.78, 5) is 1.51. The highest BCUT2D eigenvalue weighted by Crippen LogP contribution is 2.35. The summed E-state index contributed by atoms with van der Waals surface area (Å²) in [6, 6.07) is 13.0. The van der Waals surface area contributed by atoms with Crippen LogP contribution in [0.15, 0.2) is 41.3 Å². The number of aryl methyl sites for hydroxylation is 2.